The van der Waals surface area contributed by atoms with E-state index in [9.17, 15) is 9.59 Å². The van der Waals surface area contributed by atoms with E-state index in [1.54, 1.807) is 16.3 Å². The van der Waals surface area contributed by atoms with Crippen molar-refractivity contribution in [2.24, 2.45) is 5.73 Å². The molecule has 0 bridgehead atoms. The molecule has 0 fully saturated rings. The second kappa shape index (κ2) is 9.11. The Bertz CT molecular complexity index is 1540. The summed E-state index contributed by atoms with van der Waals surface area (Å²) in [6, 6.07) is 9.18. The average Bonchev–Trinajstić information content (AvgIpc) is 3.43. The first-order valence-corrected chi connectivity index (χ1v) is 12.7. The van der Waals surface area contributed by atoms with Crippen LogP contribution in [0.3, 0.4) is 0 Å². The number of aromatic nitrogens is 3. The number of hydrogen-bond acceptors (Lipinski definition) is 6. The van der Waals surface area contributed by atoms with Gasteiger partial charge in [-0.3, -0.25) is 14.9 Å². The largest absolute Gasteiger partial charge is 0.365 e. The van der Waals surface area contributed by atoms with Gasteiger partial charge in [-0.25, -0.2) is 14.1 Å². The molecule has 1 aliphatic rings. The number of carbonyl (C=O) groups excluding carboxylic acids is 2. The molecule has 0 saturated heterocycles. The summed E-state index contributed by atoms with van der Waals surface area (Å²) in [6.07, 6.45) is 2.25. The van der Waals surface area contributed by atoms with Gasteiger partial charge >= 0.3 is 0 Å². The Morgan fingerprint density at radius 3 is 2.68 bits per heavy atom. The fourth-order valence-electron chi connectivity index (χ4n) is 4.48. The fraction of sp³-hybridized carbons (Fsp3) is 0.259. The van der Waals surface area contributed by atoms with Gasteiger partial charge in [0.25, 0.3) is 11.8 Å². The van der Waals surface area contributed by atoms with Crippen molar-refractivity contribution in [2.75, 3.05) is 10.6 Å². The van der Waals surface area contributed by atoms with Crippen LogP contribution in [0.2, 0.25) is 0 Å². The van der Waals surface area contributed by atoms with E-state index < -0.39 is 17.6 Å². The summed E-state index contributed by atoms with van der Waals surface area (Å²) in [4.78, 5) is 29.3. The highest BCUT2D eigenvalue weighted by Crippen LogP contribution is 2.37. The first-order valence-electron chi connectivity index (χ1n) is 11.9. The van der Waals surface area contributed by atoms with E-state index in [1.165, 1.54) is 36.0 Å². The van der Waals surface area contributed by atoms with Crippen LogP contribution in [0, 0.1) is 12.7 Å². The Balaban J connectivity index is 1.54. The smallest absolute Gasteiger partial charge is 0.257 e. The zero-order chi connectivity index (χ0) is 26.5. The Morgan fingerprint density at radius 2 is 2.00 bits per heavy atom. The van der Waals surface area contributed by atoms with Gasteiger partial charge in [0, 0.05) is 34.9 Å². The van der Waals surface area contributed by atoms with Gasteiger partial charge in [0.15, 0.2) is 5.13 Å². The highest BCUT2D eigenvalue weighted by atomic mass is 32.1. The second-order valence-corrected chi connectivity index (χ2v) is 10.9. The maximum atomic E-state index is 15.7. The molecule has 5 rings (SSSR count). The van der Waals surface area contributed by atoms with Crippen LogP contribution in [0.1, 0.15) is 58.2 Å². The van der Waals surface area contributed by atoms with E-state index >= 15 is 4.39 Å². The molecule has 3 heterocycles. The van der Waals surface area contributed by atoms with E-state index in [0.717, 1.165) is 11.3 Å². The monoisotopic (exact) mass is 518 g/mol. The van der Waals surface area contributed by atoms with Gasteiger partial charge in [0.2, 0.25) is 0 Å². The SMILES string of the molecule is Cc1c(C(=O)Nc2nccs2)ccc(-c2nn3c(c2C(N)=O)Nc2ccc(C(C)(C)C)cc2CC3)c1F. The molecular formula is C27H27FN6O2S. The van der Waals surface area contributed by atoms with Crippen molar-refractivity contribution >= 4 is 39.8 Å². The third kappa shape index (κ3) is 4.48. The predicted molar refractivity (Wildman–Crippen MR) is 143 cm³/mol. The van der Waals surface area contributed by atoms with E-state index in [2.05, 4.69) is 53.6 Å². The van der Waals surface area contributed by atoms with Gasteiger partial charge in [-0.2, -0.15) is 5.10 Å². The third-order valence-electron chi connectivity index (χ3n) is 6.56. The summed E-state index contributed by atoms with van der Waals surface area (Å²) in [6.45, 7) is 8.48. The van der Waals surface area contributed by atoms with Crippen molar-refractivity contribution in [1.29, 1.82) is 0 Å². The zero-order valence-corrected chi connectivity index (χ0v) is 21.8. The molecule has 0 saturated carbocycles. The predicted octanol–water partition coefficient (Wildman–Crippen LogP) is 5.40. The van der Waals surface area contributed by atoms with Crippen molar-refractivity contribution in [1.82, 2.24) is 14.8 Å². The van der Waals surface area contributed by atoms with Crippen molar-refractivity contribution in [3.63, 3.8) is 0 Å². The normalized spacial score (nSPS) is 12.8. The molecule has 2 aromatic heterocycles. The van der Waals surface area contributed by atoms with E-state index in [0.29, 0.717) is 23.9 Å². The minimum atomic E-state index is -0.721. The number of carbonyl (C=O) groups is 2. The standard InChI is InChI=1S/C27H27FN6O2S/c1-14-17(25(36)32-26-30-10-12-37-26)6-7-18(21(14)28)22-20(23(29)35)24-31-19-8-5-16(27(2,3)4)13-15(19)9-11-34(24)33-22/h5-8,10,12-13,31H,9,11H2,1-4H3,(H2,29,35)(H,30,32,36). The topological polar surface area (TPSA) is 115 Å². The number of amides is 2. The molecule has 10 heteroatoms. The molecule has 0 aliphatic carbocycles. The van der Waals surface area contributed by atoms with E-state index in [-0.39, 0.29) is 33.4 Å². The van der Waals surface area contributed by atoms with Gasteiger partial charge in [0.05, 0.1) is 0 Å². The zero-order valence-electron chi connectivity index (χ0n) is 21.0. The number of primary amides is 1. The van der Waals surface area contributed by atoms with Crippen molar-refractivity contribution in [3.05, 3.63) is 75.5 Å². The van der Waals surface area contributed by atoms with Crippen molar-refractivity contribution in [2.45, 2.75) is 46.1 Å². The lowest BCUT2D eigenvalue weighted by molar-refractivity contribution is 0.0998. The summed E-state index contributed by atoms with van der Waals surface area (Å²) in [5.74, 6) is -1.41. The summed E-state index contributed by atoms with van der Waals surface area (Å²) < 4.78 is 17.3. The third-order valence-corrected chi connectivity index (χ3v) is 7.24. The molecule has 1 aliphatic heterocycles. The number of thiazole rings is 1. The number of rotatable bonds is 4. The average molecular weight is 519 g/mol. The maximum Gasteiger partial charge on any atom is 0.257 e. The van der Waals surface area contributed by atoms with Gasteiger partial charge < -0.3 is 11.1 Å². The number of halogens is 1. The molecule has 2 aromatic carbocycles. The van der Waals surface area contributed by atoms with Gasteiger partial charge in [0.1, 0.15) is 22.9 Å². The number of anilines is 3. The van der Waals surface area contributed by atoms with E-state index in [4.69, 9.17) is 5.73 Å². The molecule has 0 spiro atoms. The van der Waals surface area contributed by atoms with Gasteiger partial charge in [-0.15, -0.1) is 11.3 Å². The van der Waals surface area contributed by atoms with Crippen LogP contribution in [0.4, 0.5) is 21.0 Å². The molecule has 2 amide bonds. The van der Waals surface area contributed by atoms with Crippen LogP contribution in [-0.4, -0.2) is 26.6 Å². The van der Waals surface area contributed by atoms with Crippen LogP contribution in [0.15, 0.2) is 41.9 Å². The molecule has 4 N–H and O–H groups in total. The van der Waals surface area contributed by atoms with Crippen LogP contribution in [0.25, 0.3) is 11.3 Å². The second-order valence-electron chi connectivity index (χ2n) is 10.0. The highest BCUT2D eigenvalue weighted by Gasteiger charge is 2.29. The van der Waals surface area contributed by atoms with Crippen LogP contribution in [-0.2, 0) is 18.4 Å². The van der Waals surface area contributed by atoms with Crippen LogP contribution < -0.4 is 16.4 Å². The Hall–Kier alpha value is -4.05. The summed E-state index contributed by atoms with van der Waals surface area (Å²) in [5, 5.41) is 12.7. The quantitative estimate of drug-likeness (QED) is 0.335. The molecule has 190 valence electrons. The van der Waals surface area contributed by atoms with Crippen molar-refractivity contribution in [3.8, 4) is 11.3 Å². The fourth-order valence-corrected chi connectivity index (χ4v) is 5.00. The highest BCUT2D eigenvalue weighted by molar-refractivity contribution is 7.13. The number of nitrogens with zero attached hydrogens (tertiary/aromatic N) is 3. The summed E-state index contributed by atoms with van der Waals surface area (Å²) in [5.41, 5.74) is 9.60. The van der Waals surface area contributed by atoms with Gasteiger partial charge in [-0.05, 0) is 53.6 Å². The maximum absolute atomic E-state index is 15.7. The summed E-state index contributed by atoms with van der Waals surface area (Å²) in [7, 11) is 0. The van der Waals surface area contributed by atoms with Crippen LogP contribution in [0.5, 0.6) is 0 Å². The lowest BCUT2D eigenvalue weighted by Crippen LogP contribution is -2.16. The molecular weight excluding hydrogens is 491 g/mol. The Kier molecular flexibility index (Phi) is 6.07. The van der Waals surface area contributed by atoms with Crippen molar-refractivity contribution < 1.29 is 14.0 Å². The number of fused-ring (bicyclic) bond motifs is 2. The van der Waals surface area contributed by atoms with Gasteiger partial charge in [-0.1, -0.05) is 32.9 Å². The van der Waals surface area contributed by atoms with Crippen LogP contribution >= 0.6 is 11.3 Å². The number of hydrogen-bond donors (Lipinski definition) is 3. The molecule has 4 aromatic rings. The van der Waals surface area contributed by atoms with E-state index in [1.807, 2.05) is 6.07 Å². The number of nitrogens with one attached hydrogen (secondary N) is 2. The first-order chi connectivity index (χ1) is 17.5. The number of aryl methyl sites for hydroxylation is 2. The molecule has 37 heavy (non-hydrogen) atoms. The summed E-state index contributed by atoms with van der Waals surface area (Å²) >= 11 is 1.27. The molecule has 8 nitrogen and oxygen atoms in total. The Labute approximate surface area is 217 Å². The Morgan fingerprint density at radius 1 is 1.22 bits per heavy atom. The number of nitrogens with two attached hydrogens (primary N) is 1. The lowest BCUT2D eigenvalue weighted by Gasteiger charge is -2.21. The molecule has 0 unspecified atom stereocenters. The minimum Gasteiger partial charge on any atom is -0.365 e. The molecule has 0 atom stereocenters. The molecule has 0 radical (unpaired) electrons. The number of benzene rings is 2. The first kappa shape index (κ1) is 24.6. The lowest BCUT2D eigenvalue weighted by atomic mass is 9.85. The minimum absolute atomic E-state index is 0.000792.